The van der Waals surface area contributed by atoms with Gasteiger partial charge in [-0.05, 0) is 24.5 Å². The fourth-order valence-electron chi connectivity index (χ4n) is 2.71. The van der Waals surface area contributed by atoms with E-state index in [1.165, 1.54) is 36.3 Å². The molecule has 3 heterocycles. The van der Waals surface area contributed by atoms with Crippen LogP contribution in [0.25, 0.3) is 11.0 Å². The minimum atomic E-state index is -3.85. The largest absolute Gasteiger partial charge is 0.486 e. The number of hydrogen-bond donors (Lipinski definition) is 0. The predicted octanol–water partition coefficient (Wildman–Crippen LogP) is 4.02. The minimum Gasteiger partial charge on any atom is -0.486 e. The summed E-state index contributed by atoms with van der Waals surface area (Å²) >= 11 is 7.53. The summed E-state index contributed by atoms with van der Waals surface area (Å²) < 4.78 is 33.2. The summed E-state index contributed by atoms with van der Waals surface area (Å²) in [6.07, 6.45) is 8.05. The molecule has 0 radical (unpaired) electrons. The van der Waals surface area contributed by atoms with Crippen molar-refractivity contribution in [1.29, 1.82) is 0 Å². The van der Waals surface area contributed by atoms with Gasteiger partial charge < -0.3 is 4.74 Å². The van der Waals surface area contributed by atoms with Gasteiger partial charge in [0.1, 0.15) is 12.4 Å². The fraction of sp³-hybridized carbons (Fsp3) is 0.105. The number of rotatable bonds is 6. The molecule has 0 unspecified atom stereocenters. The van der Waals surface area contributed by atoms with Crippen LogP contribution >= 0.6 is 23.4 Å². The van der Waals surface area contributed by atoms with Gasteiger partial charge in [0.25, 0.3) is 10.0 Å². The summed E-state index contributed by atoms with van der Waals surface area (Å²) in [7, 11) is -3.85. The van der Waals surface area contributed by atoms with Gasteiger partial charge in [-0.1, -0.05) is 41.6 Å². The summed E-state index contributed by atoms with van der Waals surface area (Å²) in [6, 6.07) is 9.77. The number of halogens is 1. The number of hydrogen-bond acceptors (Lipinski definition) is 7. The molecule has 0 atom stereocenters. The average Bonchev–Trinajstić information content (AvgIpc) is 3.11. The molecule has 1 aromatic carbocycles. The highest BCUT2D eigenvalue weighted by atomic mass is 35.5. The third-order valence-electron chi connectivity index (χ3n) is 4.10. The first kappa shape index (κ1) is 19.7. The molecule has 3 aromatic heterocycles. The summed E-state index contributed by atoms with van der Waals surface area (Å²) in [4.78, 5) is 12.8. The van der Waals surface area contributed by atoms with E-state index in [4.69, 9.17) is 16.3 Å². The van der Waals surface area contributed by atoms with E-state index < -0.39 is 10.0 Å². The maximum atomic E-state index is 13.1. The molecule has 7 nitrogen and oxygen atoms in total. The Bertz CT molecular complexity index is 1260. The Morgan fingerprint density at radius 1 is 1.10 bits per heavy atom. The van der Waals surface area contributed by atoms with Crippen molar-refractivity contribution in [2.24, 2.45) is 0 Å². The van der Waals surface area contributed by atoms with E-state index in [-0.39, 0.29) is 17.1 Å². The molecule has 0 spiro atoms. The van der Waals surface area contributed by atoms with Crippen LogP contribution in [0.2, 0.25) is 5.02 Å². The molecule has 0 bridgehead atoms. The van der Waals surface area contributed by atoms with Crippen molar-refractivity contribution in [2.45, 2.75) is 16.7 Å². The molecule has 0 N–H and O–H groups in total. The Labute approximate surface area is 176 Å². The second kappa shape index (κ2) is 8.02. The molecule has 148 valence electrons. The number of aromatic nitrogens is 4. The highest BCUT2D eigenvalue weighted by Crippen LogP contribution is 2.32. The molecule has 29 heavy (non-hydrogen) atoms. The first-order valence-corrected chi connectivity index (χ1v) is 11.5. The second-order valence-corrected chi connectivity index (χ2v) is 9.02. The molecular formula is C19H15ClN4O3S2. The van der Waals surface area contributed by atoms with E-state index in [9.17, 15) is 8.42 Å². The van der Waals surface area contributed by atoms with E-state index in [2.05, 4.69) is 15.0 Å². The van der Waals surface area contributed by atoms with Gasteiger partial charge in [0.15, 0.2) is 10.8 Å². The molecular weight excluding hydrogens is 432 g/mol. The number of fused-ring (bicyclic) bond motifs is 1. The van der Waals surface area contributed by atoms with Crippen molar-refractivity contribution < 1.29 is 13.2 Å². The zero-order valence-electron chi connectivity index (χ0n) is 15.2. The van der Waals surface area contributed by atoms with Crippen molar-refractivity contribution in [2.75, 3.05) is 6.26 Å². The van der Waals surface area contributed by atoms with Crippen LogP contribution < -0.4 is 4.74 Å². The highest BCUT2D eigenvalue weighted by Gasteiger charge is 2.23. The first-order valence-electron chi connectivity index (χ1n) is 8.44. The van der Waals surface area contributed by atoms with E-state index in [0.29, 0.717) is 21.3 Å². The van der Waals surface area contributed by atoms with Gasteiger partial charge in [-0.2, -0.15) is 0 Å². The monoisotopic (exact) mass is 446 g/mol. The van der Waals surface area contributed by atoms with Crippen LogP contribution in [0.15, 0.2) is 71.2 Å². The Kier molecular flexibility index (Phi) is 5.44. The van der Waals surface area contributed by atoms with Gasteiger partial charge in [-0.15, -0.1) is 0 Å². The number of thioether (sulfide) groups is 1. The Morgan fingerprint density at radius 3 is 2.52 bits per heavy atom. The fourth-order valence-corrected chi connectivity index (χ4v) is 4.52. The van der Waals surface area contributed by atoms with E-state index in [0.717, 1.165) is 9.54 Å². The first-order chi connectivity index (χ1) is 14.0. The van der Waals surface area contributed by atoms with Crippen LogP contribution in [0.5, 0.6) is 5.75 Å². The van der Waals surface area contributed by atoms with Crippen molar-refractivity contribution in [3.05, 3.63) is 71.8 Å². The highest BCUT2D eigenvalue weighted by molar-refractivity contribution is 7.98. The predicted molar refractivity (Wildman–Crippen MR) is 112 cm³/mol. The third kappa shape index (κ3) is 3.93. The van der Waals surface area contributed by atoms with Gasteiger partial charge in [0, 0.05) is 24.2 Å². The van der Waals surface area contributed by atoms with E-state index in [1.807, 2.05) is 6.26 Å². The van der Waals surface area contributed by atoms with Crippen LogP contribution in [0.3, 0.4) is 0 Å². The molecule has 0 amide bonds. The lowest BCUT2D eigenvalue weighted by atomic mass is 10.3. The standard InChI is InChI=1S/C19H15ClN4O3S2/c1-28-19-22-8-13(9-23-19)12-27-17-11-24(18-16(17)7-14(20)10-21-18)29(25,26)15-5-3-2-4-6-15/h2-11H,12H2,1H3. The average molecular weight is 447 g/mol. The molecule has 0 aliphatic heterocycles. The maximum Gasteiger partial charge on any atom is 0.269 e. The van der Waals surface area contributed by atoms with Gasteiger partial charge in [0.05, 0.1) is 21.5 Å². The van der Waals surface area contributed by atoms with Crippen LogP contribution in [0.4, 0.5) is 0 Å². The Hall–Kier alpha value is -2.62. The van der Waals surface area contributed by atoms with Crippen LogP contribution in [0, 0.1) is 0 Å². The Balaban J connectivity index is 1.74. The SMILES string of the molecule is CSc1ncc(COc2cn(S(=O)(=O)c3ccccc3)c3ncc(Cl)cc23)cn1. The van der Waals surface area contributed by atoms with Gasteiger partial charge in [-0.25, -0.2) is 27.3 Å². The van der Waals surface area contributed by atoms with Crippen molar-refractivity contribution >= 4 is 44.4 Å². The number of benzene rings is 1. The molecule has 0 saturated heterocycles. The summed E-state index contributed by atoms with van der Waals surface area (Å²) in [5.74, 6) is 0.350. The van der Waals surface area contributed by atoms with Crippen molar-refractivity contribution in [3.63, 3.8) is 0 Å². The van der Waals surface area contributed by atoms with Gasteiger partial charge in [-0.3, -0.25) is 0 Å². The smallest absolute Gasteiger partial charge is 0.269 e. The summed E-state index contributed by atoms with van der Waals surface area (Å²) in [6.45, 7) is 0.172. The molecule has 10 heteroatoms. The summed E-state index contributed by atoms with van der Waals surface area (Å²) in [5.41, 5.74) is 0.992. The number of nitrogens with zero attached hydrogens (tertiary/aromatic N) is 4. The number of ether oxygens (including phenoxy) is 1. The topological polar surface area (TPSA) is 87.0 Å². The quantitative estimate of drug-likeness (QED) is 0.326. The molecule has 0 aliphatic rings. The second-order valence-electron chi connectivity index (χ2n) is 6.00. The lowest BCUT2D eigenvalue weighted by molar-refractivity contribution is 0.308. The van der Waals surface area contributed by atoms with Gasteiger partial charge in [0.2, 0.25) is 0 Å². The van der Waals surface area contributed by atoms with Crippen molar-refractivity contribution in [3.8, 4) is 5.75 Å². The molecule has 0 saturated carbocycles. The van der Waals surface area contributed by atoms with Gasteiger partial charge >= 0.3 is 0 Å². The molecule has 4 rings (SSSR count). The van der Waals surface area contributed by atoms with Crippen LogP contribution in [-0.2, 0) is 16.6 Å². The summed E-state index contributed by atoms with van der Waals surface area (Å²) in [5, 5.41) is 1.54. The normalized spacial score (nSPS) is 11.7. The van der Waals surface area contributed by atoms with E-state index in [1.54, 1.807) is 36.7 Å². The Morgan fingerprint density at radius 2 is 1.83 bits per heavy atom. The molecule has 0 fully saturated rings. The minimum absolute atomic E-state index is 0.154. The zero-order chi connectivity index (χ0) is 20.4. The van der Waals surface area contributed by atoms with Crippen LogP contribution in [-0.4, -0.2) is 33.6 Å². The van der Waals surface area contributed by atoms with Crippen LogP contribution in [0.1, 0.15) is 5.56 Å². The lowest BCUT2D eigenvalue weighted by Crippen LogP contribution is -2.12. The molecule has 4 aromatic rings. The number of pyridine rings is 1. The molecule has 0 aliphatic carbocycles. The lowest BCUT2D eigenvalue weighted by Gasteiger charge is -2.06. The zero-order valence-corrected chi connectivity index (χ0v) is 17.6. The van der Waals surface area contributed by atoms with E-state index >= 15 is 0 Å². The third-order valence-corrected chi connectivity index (χ3v) is 6.55. The van der Waals surface area contributed by atoms with Crippen molar-refractivity contribution in [1.82, 2.24) is 18.9 Å². The maximum absolute atomic E-state index is 13.1.